The molecule has 2 aromatic rings. The minimum absolute atomic E-state index is 0.0774. The quantitative estimate of drug-likeness (QED) is 0.749. The predicted octanol–water partition coefficient (Wildman–Crippen LogP) is 3.21. The van der Waals surface area contributed by atoms with Crippen LogP contribution in [0, 0.1) is 23.4 Å². The minimum Gasteiger partial charge on any atom is -0.489 e. The van der Waals surface area contributed by atoms with Crippen LogP contribution >= 0.6 is 0 Å². The Balaban J connectivity index is 1.66. The number of hydrogen-bond acceptors (Lipinski definition) is 4. The smallest absolute Gasteiger partial charge is 0.311 e. The van der Waals surface area contributed by atoms with Crippen LogP contribution in [0.4, 0.5) is 18.9 Å². The normalized spacial score (nSPS) is 16.5. The Bertz CT molecular complexity index is 847. The van der Waals surface area contributed by atoms with Gasteiger partial charge in [0.1, 0.15) is 29.8 Å². The summed E-state index contributed by atoms with van der Waals surface area (Å²) >= 11 is 0. The summed E-state index contributed by atoms with van der Waals surface area (Å²) in [7, 11) is 1.27. The van der Waals surface area contributed by atoms with Gasteiger partial charge in [0.05, 0.1) is 18.6 Å². The van der Waals surface area contributed by atoms with Gasteiger partial charge in [-0.05, 0) is 24.3 Å². The Morgan fingerprint density at radius 1 is 1.15 bits per heavy atom. The lowest BCUT2D eigenvalue weighted by Gasteiger charge is -2.17. The molecular formula is C19H16F3NO4. The van der Waals surface area contributed by atoms with E-state index in [-0.39, 0.29) is 24.4 Å². The van der Waals surface area contributed by atoms with Gasteiger partial charge in [-0.3, -0.25) is 9.59 Å². The number of anilines is 1. The number of hydrogen-bond donors (Lipinski definition) is 0. The van der Waals surface area contributed by atoms with Crippen molar-refractivity contribution in [2.24, 2.45) is 5.92 Å². The topological polar surface area (TPSA) is 55.8 Å². The lowest BCUT2D eigenvalue weighted by atomic mass is 10.1. The van der Waals surface area contributed by atoms with Crippen molar-refractivity contribution in [3.8, 4) is 5.75 Å². The van der Waals surface area contributed by atoms with Gasteiger partial charge in [-0.15, -0.1) is 0 Å². The van der Waals surface area contributed by atoms with Gasteiger partial charge in [0.2, 0.25) is 5.91 Å². The fraction of sp³-hybridized carbons (Fsp3) is 0.263. The van der Waals surface area contributed by atoms with Crippen LogP contribution in [0.3, 0.4) is 0 Å². The number of carbonyl (C=O) groups excluding carboxylic acids is 2. The fourth-order valence-electron chi connectivity index (χ4n) is 2.87. The molecule has 8 heteroatoms. The van der Waals surface area contributed by atoms with Gasteiger partial charge in [-0.25, -0.2) is 13.2 Å². The first-order valence-electron chi connectivity index (χ1n) is 8.13. The molecule has 2 aromatic carbocycles. The van der Waals surface area contributed by atoms with Crippen molar-refractivity contribution in [1.29, 1.82) is 0 Å². The molecule has 1 aliphatic rings. The van der Waals surface area contributed by atoms with Crippen LogP contribution in [0.25, 0.3) is 0 Å². The molecule has 0 aromatic heterocycles. The second-order valence-corrected chi connectivity index (χ2v) is 6.06. The maximum Gasteiger partial charge on any atom is 0.311 e. The highest BCUT2D eigenvalue weighted by Gasteiger charge is 2.35. The second-order valence-electron chi connectivity index (χ2n) is 6.06. The third kappa shape index (κ3) is 4.05. The highest BCUT2D eigenvalue weighted by molar-refractivity contribution is 5.99. The third-order valence-electron chi connectivity index (χ3n) is 4.30. The van der Waals surface area contributed by atoms with Crippen LogP contribution in [0.2, 0.25) is 0 Å². The van der Waals surface area contributed by atoms with Crippen molar-refractivity contribution in [3.05, 3.63) is 59.4 Å². The summed E-state index contributed by atoms with van der Waals surface area (Å²) in [4.78, 5) is 25.1. The SMILES string of the molecule is COC(=O)C1CC(=O)N(c2ccc(OCc3c(F)cc(F)cc3F)cc2)C1. The Morgan fingerprint density at radius 3 is 2.37 bits per heavy atom. The second kappa shape index (κ2) is 7.69. The van der Waals surface area contributed by atoms with Crippen LogP contribution in [0.15, 0.2) is 36.4 Å². The molecule has 1 saturated heterocycles. The van der Waals surface area contributed by atoms with Crippen molar-refractivity contribution in [3.63, 3.8) is 0 Å². The van der Waals surface area contributed by atoms with E-state index in [0.717, 1.165) is 0 Å². The first kappa shape index (κ1) is 18.8. The zero-order valence-corrected chi connectivity index (χ0v) is 14.4. The van der Waals surface area contributed by atoms with E-state index < -0.39 is 35.9 Å². The van der Waals surface area contributed by atoms with E-state index in [1.807, 2.05) is 0 Å². The largest absolute Gasteiger partial charge is 0.489 e. The van der Waals surface area contributed by atoms with Crippen molar-refractivity contribution < 1.29 is 32.2 Å². The highest BCUT2D eigenvalue weighted by atomic mass is 19.1. The molecule has 1 fully saturated rings. The molecule has 1 unspecified atom stereocenters. The molecule has 0 saturated carbocycles. The number of rotatable bonds is 5. The number of halogens is 3. The van der Waals surface area contributed by atoms with Gasteiger partial charge in [0, 0.05) is 30.8 Å². The van der Waals surface area contributed by atoms with Crippen molar-refractivity contribution in [1.82, 2.24) is 0 Å². The summed E-state index contributed by atoms with van der Waals surface area (Å²) in [5.74, 6) is -3.88. The summed E-state index contributed by atoms with van der Waals surface area (Å²) in [5.41, 5.74) is 0.189. The number of carbonyl (C=O) groups is 2. The number of methoxy groups -OCH3 is 1. The number of esters is 1. The number of ether oxygens (including phenoxy) is 2. The molecule has 0 spiro atoms. The van der Waals surface area contributed by atoms with E-state index in [1.54, 1.807) is 12.1 Å². The lowest BCUT2D eigenvalue weighted by molar-refractivity contribution is -0.145. The van der Waals surface area contributed by atoms with Gasteiger partial charge >= 0.3 is 5.97 Å². The molecule has 1 amide bonds. The van der Waals surface area contributed by atoms with E-state index >= 15 is 0 Å². The molecule has 142 valence electrons. The van der Waals surface area contributed by atoms with Crippen LogP contribution < -0.4 is 9.64 Å². The van der Waals surface area contributed by atoms with E-state index in [2.05, 4.69) is 4.74 Å². The molecule has 1 atom stereocenters. The van der Waals surface area contributed by atoms with Crippen LogP contribution in [-0.4, -0.2) is 25.5 Å². The zero-order chi connectivity index (χ0) is 19.6. The van der Waals surface area contributed by atoms with E-state index in [9.17, 15) is 22.8 Å². The standard InChI is InChI=1S/C19H16F3NO4/c1-26-19(25)11-6-18(24)23(9-11)13-2-4-14(5-3-13)27-10-15-16(21)7-12(20)8-17(15)22/h2-5,7-8,11H,6,9-10H2,1H3. The van der Waals surface area contributed by atoms with Gasteiger partial charge < -0.3 is 14.4 Å². The molecule has 1 heterocycles. The summed E-state index contributed by atoms with van der Waals surface area (Å²) in [6.45, 7) is -0.192. The summed E-state index contributed by atoms with van der Waals surface area (Å²) in [6, 6.07) is 7.44. The van der Waals surface area contributed by atoms with Crippen LogP contribution in [-0.2, 0) is 20.9 Å². The van der Waals surface area contributed by atoms with Crippen LogP contribution in [0.5, 0.6) is 5.75 Å². The Kier molecular flexibility index (Phi) is 5.34. The highest BCUT2D eigenvalue weighted by Crippen LogP contribution is 2.28. The van der Waals surface area contributed by atoms with Crippen molar-refractivity contribution in [2.45, 2.75) is 13.0 Å². The Hall–Kier alpha value is -3.03. The summed E-state index contributed by atoms with van der Waals surface area (Å²) in [5, 5.41) is 0. The van der Waals surface area contributed by atoms with Crippen molar-refractivity contribution in [2.75, 3.05) is 18.6 Å². The monoisotopic (exact) mass is 379 g/mol. The molecule has 5 nitrogen and oxygen atoms in total. The Labute approximate surface area is 153 Å². The minimum atomic E-state index is -1.03. The van der Waals surface area contributed by atoms with Crippen molar-refractivity contribution >= 4 is 17.6 Å². The first-order valence-corrected chi connectivity index (χ1v) is 8.13. The fourth-order valence-corrected chi connectivity index (χ4v) is 2.87. The summed E-state index contributed by atoms with van der Waals surface area (Å²) < 4.78 is 50.1. The molecule has 0 radical (unpaired) electrons. The maximum absolute atomic E-state index is 13.6. The van der Waals surface area contributed by atoms with Crippen LogP contribution in [0.1, 0.15) is 12.0 Å². The van der Waals surface area contributed by atoms with E-state index in [0.29, 0.717) is 23.6 Å². The molecular weight excluding hydrogens is 363 g/mol. The molecule has 27 heavy (non-hydrogen) atoms. The van der Waals surface area contributed by atoms with E-state index in [4.69, 9.17) is 4.74 Å². The zero-order valence-electron chi connectivity index (χ0n) is 14.4. The molecule has 1 aliphatic heterocycles. The number of benzene rings is 2. The average molecular weight is 379 g/mol. The molecule has 0 bridgehead atoms. The molecule has 0 N–H and O–H groups in total. The average Bonchev–Trinajstić information content (AvgIpc) is 3.02. The third-order valence-corrected chi connectivity index (χ3v) is 4.30. The predicted molar refractivity (Wildman–Crippen MR) is 89.6 cm³/mol. The number of amides is 1. The Morgan fingerprint density at radius 2 is 1.78 bits per heavy atom. The van der Waals surface area contributed by atoms with Gasteiger partial charge in [0.25, 0.3) is 0 Å². The maximum atomic E-state index is 13.6. The summed E-state index contributed by atoms with van der Waals surface area (Å²) in [6.07, 6.45) is 0.0774. The van der Waals surface area contributed by atoms with Gasteiger partial charge in [-0.2, -0.15) is 0 Å². The lowest BCUT2D eigenvalue weighted by Crippen LogP contribution is -2.26. The number of nitrogens with zero attached hydrogens (tertiary/aromatic N) is 1. The first-order chi connectivity index (χ1) is 12.9. The molecule has 3 rings (SSSR count). The van der Waals surface area contributed by atoms with Gasteiger partial charge in [-0.1, -0.05) is 0 Å². The van der Waals surface area contributed by atoms with Gasteiger partial charge in [0.15, 0.2) is 0 Å². The molecule has 0 aliphatic carbocycles. The van der Waals surface area contributed by atoms with E-state index in [1.165, 1.54) is 24.1 Å².